The molecule has 0 bridgehead atoms. The topological polar surface area (TPSA) is 75.5 Å². The van der Waals surface area contributed by atoms with Gasteiger partial charge in [-0.25, -0.2) is 4.98 Å². The molecule has 1 fully saturated rings. The number of imidazole rings is 1. The zero-order chi connectivity index (χ0) is 19.7. The van der Waals surface area contributed by atoms with Crippen molar-refractivity contribution in [2.45, 2.75) is 38.6 Å². The van der Waals surface area contributed by atoms with Crippen LogP contribution in [-0.4, -0.2) is 27.2 Å². The van der Waals surface area contributed by atoms with E-state index in [1.54, 1.807) is 40.9 Å². The zero-order valence-electron chi connectivity index (χ0n) is 15.5. The lowest BCUT2D eigenvalue weighted by Crippen LogP contribution is -2.33. The highest BCUT2D eigenvalue weighted by atomic mass is 35.5. The van der Waals surface area contributed by atoms with Crippen LogP contribution >= 0.6 is 11.6 Å². The van der Waals surface area contributed by atoms with Crippen LogP contribution in [0.25, 0.3) is 5.52 Å². The molecule has 0 atom stereocenters. The van der Waals surface area contributed by atoms with Gasteiger partial charge in [0.2, 0.25) is 5.82 Å². The molecule has 2 N–H and O–H groups in total. The molecule has 28 heavy (non-hydrogen) atoms. The molecule has 7 heteroatoms. The normalized spacial score (nSPS) is 14.4. The first-order valence-corrected chi connectivity index (χ1v) is 9.77. The van der Waals surface area contributed by atoms with Gasteiger partial charge in [-0.1, -0.05) is 36.6 Å². The number of rotatable bonds is 4. The smallest absolute Gasteiger partial charge is 0.292 e. The molecule has 2 aromatic heterocycles. The van der Waals surface area contributed by atoms with Gasteiger partial charge in [-0.05, 0) is 49.6 Å². The van der Waals surface area contributed by atoms with E-state index >= 15 is 0 Å². The fourth-order valence-corrected chi connectivity index (χ4v) is 3.78. The van der Waals surface area contributed by atoms with Gasteiger partial charge in [-0.3, -0.25) is 14.0 Å². The molecule has 4 rings (SSSR count). The summed E-state index contributed by atoms with van der Waals surface area (Å²) in [6.07, 6.45) is 5.95. The highest BCUT2D eigenvalue weighted by molar-refractivity contribution is 6.31. The van der Waals surface area contributed by atoms with Crippen LogP contribution in [0.5, 0.6) is 0 Å². The molecule has 1 aliphatic carbocycles. The molecule has 1 aliphatic rings. The number of hydrogen-bond donors (Lipinski definition) is 2. The molecule has 3 aromatic rings. The second-order valence-electron chi connectivity index (χ2n) is 7.06. The maximum absolute atomic E-state index is 12.9. The quantitative estimate of drug-likeness (QED) is 0.693. The average molecular weight is 397 g/mol. The number of pyridine rings is 1. The minimum Gasteiger partial charge on any atom is -0.348 e. The fourth-order valence-electron chi connectivity index (χ4n) is 3.61. The van der Waals surface area contributed by atoms with E-state index in [4.69, 9.17) is 11.6 Å². The predicted octanol–water partition coefficient (Wildman–Crippen LogP) is 4.22. The van der Waals surface area contributed by atoms with Crippen LogP contribution in [-0.2, 0) is 0 Å². The number of fused-ring (bicyclic) bond motifs is 1. The van der Waals surface area contributed by atoms with Gasteiger partial charge < -0.3 is 10.6 Å². The van der Waals surface area contributed by atoms with Crippen LogP contribution in [0.2, 0.25) is 5.02 Å². The Bertz CT molecular complexity index is 1050. The van der Waals surface area contributed by atoms with Gasteiger partial charge >= 0.3 is 0 Å². The Hall–Kier alpha value is -2.86. The van der Waals surface area contributed by atoms with Crippen LogP contribution in [0.15, 0.2) is 42.6 Å². The zero-order valence-corrected chi connectivity index (χ0v) is 16.3. The summed E-state index contributed by atoms with van der Waals surface area (Å²) in [7, 11) is 0. The highest BCUT2D eigenvalue weighted by Crippen LogP contribution is 2.24. The summed E-state index contributed by atoms with van der Waals surface area (Å²) in [5, 5.41) is 6.46. The summed E-state index contributed by atoms with van der Waals surface area (Å²) in [4.78, 5) is 30.1. The third kappa shape index (κ3) is 3.47. The molecule has 1 saturated carbocycles. The Balaban J connectivity index is 1.66. The van der Waals surface area contributed by atoms with Gasteiger partial charge in [0.15, 0.2) is 5.69 Å². The number of amides is 2. The molecule has 0 radical (unpaired) electrons. The first-order chi connectivity index (χ1) is 13.5. The first kappa shape index (κ1) is 18.5. The second-order valence-corrected chi connectivity index (χ2v) is 7.47. The minimum atomic E-state index is -0.397. The number of nitrogens with zero attached hydrogens (tertiary/aromatic N) is 2. The van der Waals surface area contributed by atoms with Gasteiger partial charge in [0.25, 0.3) is 11.8 Å². The lowest BCUT2D eigenvalue weighted by atomic mass is 10.2. The fraction of sp³-hybridized carbons (Fsp3) is 0.286. The number of carbonyl (C=O) groups is 2. The maximum Gasteiger partial charge on any atom is 0.292 e. The molecule has 0 spiro atoms. The Morgan fingerprint density at radius 3 is 2.68 bits per heavy atom. The first-order valence-electron chi connectivity index (χ1n) is 9.39. The number of anilines is 1. The van der Waals surface area contributed by atoms with E-state index in [0.717, 1.165) is 31.2 Å². The van der Waals surface area contributed by atoms with Crippen LogP contribution in [0.1, 0.15) is 52.4 Å². The van der Waals surface area contributed by atoms with E-state index < -0.39 is 5.91 Å². The van der Waals surface area contributed by atoms with Crippen LogP contribution in [0, 0.1) is 6.92 Å². The summed E-state index contributed by atoms with van der Waals surface area (Å²) in [6.45, 7) is 1.84. The number of benzene rings is 1. The molecule has 1 aromatic carbocycles. The lowest BCUT2D eigenvalue weighted by molar-refractivity contribution is 0.0935. The number of hydrogen-bond acceptors (Lipinski definition) is 3. The van der Waals surface area contributed by atoms with E-state index in [1.165, 1.54) is 0 Å². The summed E-state index contributed by atoms with van der Waals surface area (Å²) in [5.41, 5.74) is 2.26. The SMILES string of the molecule is Cc1c(Cl)cccc1NC(=O)c1nc(C(=O)NC2CCCC2)c2ccccn12. The van der Waals surface area contributed by atoms with Crippen molar-refractivity contribution in [2.24, 2.45) is 0 Å². The van der Waals surface area contributed by atoms with Gasteiger partial charge in [0, 0.05) is 22.9 Å². The summed E-state index contributed by atoms with van der Waals surface area (Å²) < 4.78 is 1.64. The molecule has 144 valence electrons. The van der Waals surface area contributed by atoms with Gasteiger partial charge in [-0.2, -0.15) is 0 Å². The Kier molecular flexibility index (Phi) is 5.05. The van der Waals surface area contributed by atoms with Crippen molar-refractivity contribution in [3.8, 4) is 0 Å². The second kappa shape index (κ2) is 7.64. The summed E-state index contributed by atoms with van der Waals surface area (Å²) in [6, 6.07) is 10.9. The molecule has 2 heterocycles. The standard InChI is InChI=1S/C21H21ClN4O2/c1-13-15(22)9-6-10-16(13)24-21(28)19-25-18(17-11-4-5-12-26(17)19)20(27)23-14-7-2-3-8-14/h4-6,9-12,14H,2-3,7-8H2,1H3,(H,23,27)(H,24,28). The molecule has 0 unspecified atom stereocenters. The maximum atomic E-state index is 12.9. The third-order valence-corrected chi connectivity index (χ3v) is 5.58. The molecular formula is C21H21ClN4O2. The lowest BCUT2D eigenvalue weighted by Gasteiger charge is -2.10. The van der Waals surface area contributed by atoms with Crippen LogP contribution in [0.3, 0.4) is 0 Å². The number of carbonyl (C=O) groups excluding carboxylic acids is 2. The van der Waals surface area contributed by atoms with E-state index in [0.29, 0.717) is 16.2 Å². The van der Waals surface area contributed by atoms with Gasteiger partial charge in [0.05, 0.1) is 5.52 Å². The Morgan fingerprint density at radius 2 is 1.89 bits per heavy atom. The van der Waals surface area contributed by atoms with E-state index in [1.807, 2.05) is 13.0 Å². The van der Waals surface area contributed by atoms with E-state index in [9.17, 15) is 9.59 Å². The van der Waals surface area contributed by atoms with Crippen LogP contribution < -0.4 is 10.6 Å². The molecule has 0 aliphatic heterocycles. The van der Waals surface area contributed by atoms with Crippen molar-refractivity contribution in [3.63, 3.8) is 0 Å². The Morgan fingerprint density at radius 1 is 1.11 bits per heavy atom. The molecule has 2 amide bonds. The van der Waals surface area contributed by atoms with Crippen molar-refractivity contribution < 1.29 is 9.59 Å². The van der Waals surface area contributed by atoms with Crippen molar-refractivity contribution in [3.05, 3.63) is 64.7 Å². The molecule has 0 saturated heterocycles. The summed E-state index contributed by atoms with van der Waals surface area (Å²) in [5.74, 6) is -0.480. The van der Waals surface area contributed by atoms with E-state index in [2.05, 4.69) is 15.6 Å². The van der Waals surface area contributed by atoms with Crippen molar-refractivity contribution >= 4 is 34.6 Å². The average Bonchev–Trinajstić information content (AvgIpc) is 3.33. The number of nitrogens with one attached hydrogen (secondary N) is 2. The van der Waals surface area contributed by atoms with Gasteiger partial charge in [-0.15, -0.1) is 0 Å². The highest BCUT2D eigenvalue weighted by Gasteiger charge is 2.24. The third-order valence-electron chi connectivity index (χ3n) is 5.17. The van der Waals surface area contributed by atoms with Crippen molar-refractivity contribution in [1.82, 2.24) is 14.7 Å². The Labute approximate surface area is 167 Å². The van der Waals surface area contributed by atoms with E-state index in [-0.39, 0.29) is 23.5 Å². The van der Waals surface area contributed by atoms with Crippen molar-refractivity contribution in [2.75, 3.05) is 5.32 Å². The molecular weight excluding hydrogens is 376 g/mol. The van der Waals surface area contributed by atoms with Crippen molar-refractivity contribution in [1.29, 1.82) is 0 Å². The number of aromatic nitrogens is 2. The summed E-state index contributed by atoms with van der Waals surface area (Å²) >= 11 is 6.14. The number of halogens is 1. The molecule has 6 nitrogen and oxygen atoms in total. The predicted molar refractivity (Wildman–Crippen MR) is 109 cm³/mol. The monoisotopic (exact) mass is 396 g/mol. The van der Waals surface area contributed by atoms with Crippen LogP contribution in [0.4, 0.5) is 5.69 Å². The minimum absolute atomic E-state index is 0.159. The largest absolute Gasteiger partial charge is 0.348 e. The van der Waals surface area contributed by atoms with Gasteiger partial charge in [0.1, 0.15) is 0 Å².